The molecule has 0 bridgehead atoms. The number of ether oxygens (including phenoxy) is 1. The van der Waals surface area contributed by atoms with Gasteiger partial charge in [0.15, 0.2) is 0 Å². The summed E-state index contributed by atoms with van der Waals surface area (Å²) in [6, 6.07) is 8.68. The number of hydrogen-bond acceptors (Lipinski definition) is 6. The first-order valence-corrected chi connectivity index (χ1v) is 8.80. The standard InChI is InChI=1S/C18H20N2O4S/c1-18(2)15(17(22)23)20-12(9-13(21)24-3)14(16(20)25-18)19-10-11-7-5-4-6-8-11/h4-10,14-16H,1-3H3,(H,22,23)/b12-9-,19-10+/t14-,15+,16-/m1/s1. The van der Waals surface area contributed by atoms with Crippen molar-refractivity contribution in [2.24, 2.45) is 4.99 Å². The molecule has 0 radical (unpaired) electrons. The van der Waals surface area contributed by atoms with Crippen LogP contribution in [0.15, 0.2) is 47.1 Å². The number of benzene rings is 1. The molecule has 132 valence electrons. The van der Waals surface area contributed by atoms with Gasteiger partial charge in [0.05, 0.1) is 12.8 Å². The number of fused-ring (bicyclic) bond motifs is 1. The number of rotatable bonds is 4. The minimum Gasteiger partial charge on any atom is -0.480 e. The van der Waals surface area contributed by atoms with E-state index in [9.17, 15) is 14.7 Å². The lowest BCUT2D eigenvalue weighted by Crippen LogP contribution is -2.59. The highest BCUT2D eigenvalue weighted by molar-refractivity contribution is 8.01. The molecule has 0 aliphatic carbocycles. The van der Waals surface area contributed by atoms with Gasteiger partial charge in [0, 0.05) is 17.0 Å². The summed E-state index contributed by atoms with van der Waals surface area (Å²) in [6.45, 7) is 3.81. The Labute approximate surface area is 150 Å². The van der Waals surface area contributed by atoms with E-state index in [1.807, 2.05) is 44.2 Å². The van der Waals surface area contributed by atoms with Gasteiger partial charge in [0.2, 0.25) is 0 Å². The molecule has 1 aromatic carbocycles. The van der Waals surface area contributed by atoms with Crippen molar-refractivity contribution < 1.29 is 19.4 Å². The third kappa shape index (κ3) is 3.16. The van der Waals surface area contributed by atoms with E-state index in [1.54, 1.807) is 22.9 Å². The summed E-state index contributed by atoms with van der Waals surface area (Å²) in [5.41, 5.74) is 1.55. The third-order valence-corrected chi connectivity index (χ3v) is 5.95. The van der Waals surface area contributed by atoms with Crippen LogP contribution in [0.4, 0.5) is 0 Å². The van der Waals surface area contributed by atoms with Crippen molar-refractivity contribution >= 4 is 29.9 Å². The number of aliphatic carboxylic acids is 1. The molecule has 1 N–H and O–H groups in total. The van der Waals surface area contributed by atoms with Crippen LogP contribution >= 0.6 is 11.8 Å². The van der Waals surface area contributed by atoms with Crippen molar-refractivity contribution in [1.29, 1.82) is 0 Å². The highest BCUT2D eigenvalue weighted by atomic mass is 32.2. The highest BCUT2D eigenvalue weighted by Crippen LogP contribution is 2.55. The number of carbonyl (C=O) groups is 2. The average Bonchev–Trinajstić information content (AvgIpc) is 2.82. The molecule has 0 spiro atoms. The maximum atomic E-state index is 11.8. The highest BCUT2D eigenvalue weighted by Gasteiger charge is 2.61. The Morgan fingerprint density at radius 3 is 2.60 bits per heavy atom. The van der Waals surface area contributed by atoms with E-state index < -0.39 is 22.7 Å². The van der Waals surface area contributed by atoms with Crippen molar-refractivity contribution in [3.05, 3.63) is 47.7 Å². The topological polar surface area (TPSA) is 79.2 Å². The number of carboxylic acid groups (broad SMARTS) is 1. The summed E-state index contributed by atoms with van der Waals surface area (Å²) in [7, 11) is 1.30. The maximum Gasteiger partial charge on any atom is 0.332 e. The van der Waals surface area contributed by atoms with Gasteiger partial charge in [0.1, 0.15) is 17.5 Å². The predicted octanol–water partition coefficient (Wildman–Crippen LogP) is 2.15. The van der Waals surface area contributed by atoms with Gasteiger partial charge in [-0.15, -0.1) is 11.8 Å². The minimum atomic E-state index is -0.902. The van der Waals surface area contributed by atoms with Crippen molar-refractivity contribution in [3.63, 3.8) is 0 Å². The number of nitrogens with zero attached hydrogens (tertiary/aromatic N) is 2. The second-order valence-electron chi connectivity index (χ2n) is 6.49. The van der Waals surface area contributed by atoms with E-state index in [4.69, 9.17) is 4.74 Å². The Bertz CT molecular complexity index is 745. The zero-order chi connectivity index (χ0) is 18.2. The molecule has 2 heterocycles. The predicted molar refractivity (Wildman–Crippen MR) is 96.6 cm³/mol. The normalized spacial score (nSPS) is 28.7. The Morgan fingerprint density at radius 1 is 1.32 bits per heavy atom. The van der Waals surface area contributed by atoms with E-state index in [2.05, 4.69) is 4.99 Å². The van der Waals surface area contributed by atoms with Crippen LogP contribution in [0.3, 0.4) is 0 Å². The van der Waals surface area contributed by atoms with Gasteiger partial charge in [-0.25, -0.2) is 9.59 Å². The Kier molecular flexibility index (Phi) is 4.60. The molecule has 3 rings (SSSR count). The average molecular weight is 360 g/mol. The molecule has 2 fully saturated rings. The van der Waals surface area contributed by atoms with Crippen LogP contribution < -0.4 is 0 Å². The summed E-state index contributed by atoms with van der Waals surface area (Å²) < 4.78 is 4.23. The number of thioether (sulfide) groups is 1. The first-order valence-electron chi connectivity index (χ1n) is 7.92. The molecule has 25 heavy (non-hydrogen) atoms. The fourth-order valence-electron chi connectivity index (χ4n) is 3.25. The Balaban J connectivity index is 1.93. The zero-order valence-corrected chi connectivity index (χ0v) is 15.1. The van der Waals surface area contributed by atoms with Crippen LogP contribution in [-0.2, 0) is 14.3 Å². The van der Waals surface area contributed by atoms with E-state index in [-0.39, 0.29) is 11.4 Å². The molecular formula is C18H20N2O4S. The zero-order valence-electron chi connectivity index (χ0n) is 14.2. The van der Waals surface area contributed by atoms with Crippen molar-refractivity contribution in [1.82, 2.24) is 4.90 Å². The fourth-order valence-corrected chi connectivity index (χ4v) is 4.92. The second-order valence-corrected chi connectivity index (χ2v) is 8.26. The van der Waals surface area contributed by atoms with Gasteiger partial charge >= 0.3 is 11.9 Å². The lowest BCUT2D eigenvalue weighted by atomic mass is 9.93. The first-order chi connectivity index (χ1) is 11.8. The summed E-state index contributed by atoms with van der Waals surface area (Å²) in [6.07, 6.45) is 3.11. The maximum absolute atomic E-state index is 11.8. The molecule has 0 amide bonds. The van der Waals surface area contributed by atoms with Gasteiger partial charge in [-0.1, -0.05) is 30.3 Å². The first kappa shape index (κ1) is 17.5. The summed E-state index contributed by atoms with van der Waals surface area (Å²) in [5.74, 6) is -1.41. The molecule has 6 nitrogen and oxygen atoms in total. The van der Waals surface area contributed by atoms with E-state index in [0.29, 0.717) is 5.70 Å². The second kappa shape index (κ2) is 6.55. The largest absolute Gasteiger partial charge is 0.480 e. The van der Waals surface area contributed by atoms with Crippen LogP contribution in [0.2, 0.25) is 0 Å². The van der Waals surface area contributed by atoms with Crippen LogP contribution in [0, 0.1) is 0 Å². The number of methoxy groups -OCH3 is 1. The van der Waals surface area contributed by atoms with Crippen molar-refractivity contribution in [3.8, 4) is 0 Å². The number of aliphatic imine (C=N–C) groups is 1. The molecule has 0 aromatic heterocycles. The molecular weight excluding hydrogens is 340 g/mol. The van der Waals surface area contributed by atoms with Crippen LogP contribution in [0.25, 0.3) is 0 Å². The van der Waals surface area contributed by atoms with E-state index in [1.165, 1.54) is 13.2 Å². The van der Waals surface area contributed by atoms with Gasteiger partial charge in [-0.2, -0.15) is 0 Å². The SMILES string of the molecule is COC(=O)/C=C1/[C@@H](/N=C/c2ccccc2)[C@H]2SC(C)(C)[C@H](C(=O)O)N12. The Hall–Kier alpha value is -2.28. The fraction of sp³-hybridized carbons (Fsp3) is 0.389. The molecule has 0 saturated carbocycles. The van der Waals surface area contributed by atoms with E-state index in [0.717, 1.165) is 5.56 Å². The molecule has 0 unspecified atom stereocenters. The number of esters is 1. The van der Waals surface area contributed by atoms with Crippen LogP contribution in [0.1, 0.15) is 19.4 Å². The molecule has 1 aromatic rings. The third-order valence-electron chi connectivity index (χ3n) is 4.39. The smallest absolute Gasteiger partial charge is 0.332 e. The van der Waals surface area contributed by atoms with Gasteiger partial charge in [-0.05, 0) is 19.4 Å². The van der Waals surface area contributed by atoms with E-state index >= 15 is 0 Å². The van der Waals surface area contributed by atoms with Crippen molar-refractivity contribution in [2.75, 3.05) is 7.11 Å². The number of carboxylic acids is 1. The summed E-state index contributed by atoms with van der Waals surface area (Å²) in [4.78, 5) is 29.9. The molecule has 3 atom stereocenters. The minimum absolute atomic E-state index is 0.105. The lowest BCUT2D eigenvalue weighted by Gasteiger charge is -2.46. The Morgan fingerprint density at radius 2 is 2.00 bits per heavy atom. The monoisotopic (exact) mass is 360 g/mol. The molecule has 2 saturated heterocycles. The van der Waals surface area contributed by atoms with Gasteiger partial charge < -0.3 is 14.7 Å². The lowest BCUT2D eigenvalue weighted by molar-refractivity contribution is -0.144. The quantitative estimate of drug-likeness (QED) is 0.504. The van der Waals surface area contributed by atoms with Gasteiger partial charge in [0.25, 0.3) is 0 Å². The van der Waals surface area contributed by atoms with Crippen molar-refractivity contribution in [2.45, 2.75) is 36.1 Å². The van der Waals surface area contributed by atoms with Gasteiger partial charge in [-0.3, -0.25) is 4.99 Å². The number of hydrogen-bond donors (Lipinski definition) is 1. The molecule has 2 aliphatic rings. The van der Waals surface area contributed by atoms with Crippen LogP contribution in [-0.4, -0.2) is 57.5 Å². The summed E-state index contributed by atoms with van der Waals surface area (Å²) in [5, 5.41) is 9.53. The molecule has 2 aliphatic heterocycles. The summed E-state index contributed by atoms with van der Waals surface area (Å²) >= 11 is 1.57. The van der Waals surface area contributed by atoms with Crippen LogP contribution in [0.5, 0.6) is 0 Å². The number of carbonyl (C=O) groups excluding carboxylic acids is 1. The molecule has 7 heteroatoms.